The molecule has 0 unspecified atom stereocenters. The minimum atomic E-state index is -0.467. The number of amides is 1. The zero-order valence-corrected chi connectivity index (χ0v) is 21.0. The number of aliphatic imine (C=N–C) groups is 1. The van der Waals surface area contributed by atoms with Gasteiger partial charge in [0.2, 0.25) is 5.91 Å². The zero-order valence-electron chi connectivity index (χ0n) is 21.0. The van der Waals surface area contributed by atoms with E-state index in [0.29, 0.717) is 40.8 Å². The lowest BCUT2D eigenvalue weighted by Gasteiger charge is -2.24. The monoisotopic (exact) mass is 499 g/mol. The number of carbonyl (C=O) groups excluding carboxylic acids is 1. The molecule has 4 aromatic rings. The summed E-state index contributed by atoms with van der Waals surface area (Å²) in [6, 6.07) is 21.1. The molecule has 1 aromatic heterocycles. The van der Waals surface area contributed by atoms with Crippen molar-refractivity contribution in [3.05, 3.63) is 94.0 Å². The van der Waals surface area contributed by atoms with Crippen LogP contribution in [-0.2, 0) is 4.79 Å². The molecule has 0 fully saturated rings. The van der Waals surface area contributed by atoms with E-state index < -0.39 is 4.92 Å². The smallest absolute Gasteiger partial charge is 0.270 e. The maximum atomic E-state index is 12.6. The molecule has 0 spiro atoms. The van der Waals surface area contributed by atoms with Gasteiger partial charge in [0.25, 0.3) is 5.69 Å². The van der Waals surface area contributed by atoms with Gasteiger partial charge in [-0.1, -0.05) is 37.3 Å². The third-order valence-electron chi connectivity index (χ3n) is 6.03. The average molecular weight is 500 g/mol. The molecule has 4 rings (SSSR count). The van der Waals surface area contributed by atoms with Crippen molar-refractivity contribution < 1.29 is 14.8 Å². The summed E-state index contributed by atoms with van der Waals surface area (Å²) in [4.78, 5) is 35.0. The highest BCUT2D eigenvalue weighted by Crippen LogP contribution is 2.34. The van der Waals surface area contributed by atoms with Gasteiger partial charge >= 0.3 is 0 Å². The molecule has 2 N–H and O–H groups in total. The van der Waals surface area contributed by atoms with Crippen molar-refractivity contribution in [3.8, 4) is 5.88 Å². The number of nitrogens with zero attached hydrogens (tertiary/aromatic N) is 4. The van der Waals surface area contributed by atoms with Gasteiger partial charge in [-0.2, -0.15) is 0 Å². The summed E-state index contributed by atoms with van der Waals surface area (Å²) in [6.45, 7) is 3.14. The van der Waals surface area contributed by atoms with Crippen molar-refractivity contribution in [3.63, 3.8) is 0 Å². The van der Waals surface area contributed by atoms with Gasteiger partial charge in [-0.25, -0.2) is 4.99 Å². The first kappa shape index (κ1) is 25.6. The van der Waals surface area contributed by atoms with Crippen LogP contribution in [0.15, 0.2) is 77.8 Å². The number of nitrogens with one attached hydrogen (secondary N) is 1. The lowest BCUT2D eigenvalue weighted by Crippen LogP contribution is -2.36. The standard InChI is InChI=1S/C28H29N5O4/c1-4-25(34)32(17-16-31(2)3)21-12-10-20(11-13-21)29-27(19-8-6-5-7-9-19)26-23-18-22(33(36)37)14-15-24(23)30-28(26)35/h5-15,18,30,35H,4,16-17H2,1-3H3. The van der Waals surface area contributed by atoms with Gasteiger partial charge in [-0.3, -0.25) is 14.9 Å². The number of carbonyl (C=O) groups is 1. The van der Waals surface area contributed by atoms with Crippen molar-refractivity contribution in [2.75, 3.05) is 32.1 Å². The number of fused-ring (bicyclic) bond motifs is 1. The van der Waals surface area contributed by atoms with E-state index in [1.165, 1.54) is 12.1 Å². The van der Waals surface area contributed by atoms with Crippen molar-refractivity contribution >= 4 is 39.6 Å². The Hall–Kier alpha value is -4.50. The predicted octanol–water partition coefficient (Wildman–Crippen LogP) is 5.26. The first-order valence-corrected chi connectivity index (χ1v) is 12.0. The minimum absolute atomic E-state index is 0.0355. The highest BCUT2D eigenvalue weighted by molar-refractivity contribution is 6.22. The summed E-state index contributed by atoms with van der Waals surface area (Å²) in [5.41, 5.74) is 3.45. The van der Waals surface area contributed by atoms with Crippen LogP contribution in [-0.4, -0.2) is 58.7 Å². The largest absolute Gasteiger partial charge is 0.494 e. The second kappa shape index (κ2) is 11.0. The maximum absolute atomic E-state index is 12.6. The number of hydrogen-bond donors (Lipinski definition) is 2. The Labute approximate surface area is 214 Å². The SMILES string of the molecule is CCC(=O)N(CCN(C)C)c1ccc(N=C(c2ccccc2)c2c(O)[nH]c3ccc([N+](=O)[O-])cc23)cc1. The van der Waals surface area contributed by atoms with Crippen LogP contribution in [0.5, 0.6) is 5.88 Å². The molecule has 0 saturated heterocycles. The molecule has 0 atom stereocenters. The normalized spacial score (nSPS) is 11.7. The number of aromatic amines is 1. The number of nitro benzene ring substituents is 1. The third-order valence-corrected chi connectivity index (χ3v) is 6.03. The summed E-state index contributed by atoms with van der Waals surface area (Å²) in [5.74, 6) is -0.0912. The fourth-order valence-corrected chi connectivity index (χ4v) is 4.10. The molecule has 9 heteroatoms. The Balaban J connectivity index is 1.80. The Morgan fingerprint density at radius 1 is 1.03 bits per heavy atom. The van der Waals surface area contributed by atoms with Gasteiger partial charge in [0, 0.05) is 53.8 Å². The van der Waals surface area contributed by atoms with Crippen molar-refractivity contribution in [1.29, 1.82) is 0 Å². The second-order valence-corrected chi connectivity index (χ2v) is 8.88. The average Bonchev–Trinajstić information content (AvgIpc) is 3.22. The van der Waals surface area contributed by atoms with E-state index in [-0.39, 0.29) is 17.5 Å². The van der Waals surface area contributed by atoms with E-state index in [4.69, 9.17) is 4.99 Å². The summed E-state index contributed by atoms with van der Waals surface area (Å²) in [6.07, 6.45) is 0.400. The van der Waals surface area contributed by atoms with E-state index in [9.17, 15) is 20.0 Å². The number of rotatable bonds is 9. The number of likely N-dealkylation sites (N-methyl/N-ethyl adjacent to an activating group) is 1. The lowest BCUT2D eigenvalue weighted by atomic mass is 10.0. The molecule has 1 heterocycles. The first-order valence-electron chi connectivity index (χ1n) is 12.0. The van der Waals surface area contributed by atoms with Crippen LogP contribution in [0.3, 0.4) is 0 Å². The van der Waals surface area contributed by atoms with Crippen LogP contribution in [0.4, 0.5) is 17.1 Å². The van der Waals surface area contributed by atoms with Crippen molar-refractivity contribution in [2.24, 2.45) is 4.99 Å². The molecule has 0 aliphatic rings. The number of non-ortho nitro benzene ring substituents is 1. The summed E-state index contributed by atoms with van der Waals surface area (Å²) < 4.78 is 0. The van der Waals surface area contributed by atoms with Gasteiger partial charge < -0.3 is 19.9 Å². The number of aromatic nitrogens is 1. The fraction of sp³-hybridized carbons (Fsp3) is 0.214. The zero-order chi connectivity index (χ0) is 26.5. The number of aromatic hydroxyl groups is 1. The Bertz CT molecular complexity index is 1440. The van der Waals surface area contributed by atoms with Gasteiger partial charge in [0.05, 0.1) is 21.9 Å². The Morgan fingerprint density at radius 3 is 2.35 bits per heavy atom. The molecule has 37 heavy (non-hydrogen) atoms. The number of benzene rings is 3. The molecule has 0 aliphatic carbocycles. The maximum Gasteiger partial charge on any atom is 0.270 e. The predicted molar refractivity (Wildman–Crippen MR) is 146 cm³/mol. The molecule has 0 bridgehead atoms. The van der Waals surface area contributed by atoms with Crippen LogP contribution >= 0.6 is 0 Å². The Morgan fingerprint density at radius 2 is 1.73 bits per heavy atom. The third kappa shape index (κ3) is 5.68. The number of anilines is 1. The summed E-state index contributed by atoms with van der Waals surface area (Å²) in [7, 11) is 3.93. The molecule has 3 aromatic carbocycles. The lowest BCUT2D eigenvalue weighted by molar-refractivity contribution is -0.384. The van der Waals surface area contributed by atoms with Gasteiger partial charge in [-0.05, 0) is 44.4 Å². The Kier molecular flexibility index (Phi) is 7.64. The quantitative estimate of drug-likeness (QED) is 0.185. The van der Waals surface area contributed by atoms with E-state index >= 15 is 0 Å². The summed E-state index contributed by atoms with van der Waals surface area (Å²) in [5, 5.41) is 22.7. The van der Waals surface area contributed by atoms with Crippen molar-refractivity contribution in [2.45, 2.75) is 13.3 Å². The molecule has 9 nitrogen and oxygen atoms in total. The van der Waals surface area contributed by atoms with E-state index in [0.717, 1.165) is 17.8 Å². The molecule has 0 aliphatic heterocycles. The highest BCUT2D eigenvalue weighted by atomic mass is 16.6. The second-order valence-electron chi connectivity index (χ2n) is 8.88. The van der Waals surface area contributed by atoms with Gasteiger partial charge in [-0.15, -0.1) is 0 Å². The molecule has 190 valence electrons. The van der Waals surface area contributed by atoms with Gasteiger partial charge in [0.15, 0.2) is 5.88 Å². The molecule has 0 saturated carbocycles. The van der Waals surface area contributed by atoms with Crippen LogP contribution in [0.25, 0.3) is 10.9 Å². The fourth-order valence-electron chi connectivity index (χ4n) is 4.10. The first-order chi connectivity index (χ1) is 17.8. The summed E-state index contributed by atoms with van der Waals surface area (Å²) >= 11 is 0. The van der Waals surface area contributed by atoms with E-state index in [1.807, 2.05) is 80.5 Å². The molecular formula is C28H29N5O4. The molecule has 0 radical (unpaired) electrons. The minimum Gasteiger partial charge on any atom is -0.494 e. The van der Waals surface area contributed by atoms with Crippen LogP contribution in [0.2, 0.25) is 0 Å². The molecular weight excluding hydrogens is 470 g/mol. The number of hydrogen-bond acceptors (Lipinski definition) is 6. The number of H-pyrrole nitrogens is 1. The van der Waals surface area contributed by atoms with E-state index in [1.54, 1.807) is 11.0 Å². The van der Waals surface area contributed by atoms with Crippen molar-refractivity contribution in [1.82, 2.24) is 9.88 Å². The van der Waals surface area contributed by atoms with Crippen LogP contribution < -0.4 is 4.90 Å². The highest BCUT2D eigenvalue weighted by Gasteiger charge is 2.21. The molecule has 1 amide bonds. The van der Waals surface area contributed by atoms with Crippen LogP contribution in [0.1, 0.15) is 24.5 Å². The topological polar surface area (TPSA) is 115 Å². The van der Waals surface area contributed by atoms with Gasteiger partial charge in [0.1, 0.15) is 0 Å². The van der Waals surface area contributed by atoms with E-state index in [2.05, 4.69) is 4.98 Å². The number of nitro groups is 1. The van der Waals surface area contributed by atoms with Crippen LogP contribution in [0, 0.1) is 10.1 Å².